The summed E-state index contributed by atoms with van der Waals surface area (Å²) in [5.74, 6) is 0.915. The molecule has 2 heterocycles. The first kappa shape index (κ1) is 26.3. The van der Waals surface area contributed by atoms with E-state index in [-0.39, 0.29) is 17.5 Å². The molecule has 4 aromatic rings. The highest BCUT2D eigenvalue weighted by Crippen LogP contribution is 2.34. The summed E-state index contributed by atoms with van der Waals surface area (Å²) >= 11 is 0. The molecular weight excluding hydrogens is 496 g/mol. The first-order valence-corrected chi connectivity index (χ1v) is 13.1. The number of rotatable bonds is 7. The van der Waals surface area contributed by atoms with E-state index in [9.17, 15) is 14.7 Å². The Kier molecular flexibility index (Phi) is 7.56. The highest BCUT2D eigenvalue weighted by Gasteiger charge is 2.21. The number of nitrogens with zero attached hydrogens (tertiary/aromatic N) is 1. The van der Waals surface area contributed by atoms with Crippen LogP contribution in [0.1, 0.15) is 35.7 Å². The second kappa shape index (κ2) is 11.2. The lowest BCUT2D eigenvalue weighted by molar-refractivity contribution is 0.102. The number of likely N-dealkylation sites (tertiary alicyclic amines) is 1. The number of aromatic hydroxyl groups is 1. The predicted octanol–water partition coefficient (Wildman–Crippen LogP) is 5.46. The molecule has 1 saturated heterocycles. The van der Waals surface area contributed by atoms with E-state index in [0.717, 1.165) is 37.2 Å². The fraction of sp³-hybridized carbons (Fsp3) is 0.290. The number of hydrogen-bond donors (Lipinski definition) is 2. The molecule has 0 bridgehead atoms. The molecule has 8 nitrogen and oxygen atoms in total. The lowest BCUT2D eigenvalue weighted by Gasteiger charge is -2.30. The van der Waals surface area contributed by atoms with Crippen molar-refractivity contribution in [2.24, 2.45) is 0 Å². The van der Waals surface area contributed by atoms with Crippen LogP contribution in [0.15, 0.2) is 69.9 Å². The van der Waals surface area contributed by atoms with Gasteiger partial charge in [-0.2, -0.15) is 0 Å². The maximum absolute atomic E-state index is 13.2. The van der Waals surface area contributed by atoms with Crippen LogP contribution in [-0.4, -0.2) is 49.3 Å². The molecule has 0 saturated carbocycles. The second-order valence-electron chi connectivity index (χ2n) is 9.80. The Balaban J connectivity index is 1.42. The molecule has 0 spiro atoms. The number of benzene rings is 3. The fourth-order valence-electron chi connectivity index (χ4n) is 4.98. The van der Waals surface area contributed by atoms with E-state index in [0.29, 0.717) is 39.8 Å². The Labute approximate surface area is 226 Å². The van der Waals surface area contributed by atoms with E-state index in [4.69, 9.17) is 13.9 Å². The third-order valence-corrected chi connectivity index (χ3v) is 7.14. The average molecular weight is 529 g/mol. The summed E-state index contributed by atoms with van der Waals surface area (Å²) in [6.07, 6.45) is 2.66. The summed E-state index contributed by atoms with van der Waals surface area (Å²) in [6, 6.07) is 17.0. The van der Waals surface area contributed by atoms with Crippen molar-refractivity contribution in [3.8, 4) is 28.4 Å². The van der Waals surface area contributed by atoms with Crippen LogP contribution in [0.5, 0.6) is 17.2 Å². The van der Waals surface area contributed by atoms with Crippen molar-refractivity contribution in [3.05, 3.63) is 82.2 Å². The SMILES string of the molecule is CCc1c(OC2CCN(C)CC2)ccc2cc(NC(=O)c3ccc(OC)c(-c4cccc(O)c4)c3)c(=O)oc12. The molecule has 1 aliphatic heterocycles. The number of aryl methyl sites for hydroxylation is 1. The van der Waals surface area contributed by atoms with Crippen molar-refractivity contribution in [2.75, 3.05) is 32.6 Å². The van der Waals surface area contributed by atoms with E-state index < -0.39 is 11.5 Å². The lowest BCUT2D eigenvalue weighted by Crippen LogP contribution is -2.35. The predicted molar refractivity (Wildman–Crippen MR) is 151 cm³/mol. The summed E-state index contributed by atoms with van der Waals surface area (Å²) < 4.78 is 17.5. The zero-order valence-electron chi connectivity index (χ0n) is 22.3. The van der Waals surface area contributed by atoms with Gasteiger partial charge in [-0.1, -0.05) is 19.1 Å². The summed E-state index contributed by atoms with van der Waals surface area (Å²) in [7, 11) is 3.65. The van der Waals surface area contributed by atoms with E-state index >= 15 is 0 Å². The van der Waals surface area contributed by atoms with Gasteiger partial charge in [0, 0.05) is 35.2 Å². The first-order valence-electron chi connectivity index (χ1n) is 13.1. The molecule has 39 heavy (non-hydrogen) atoms. The Bertz CT molecular complexity index is 1570. The molecule has 0 radical (unpaired) electrons. The largest absolute Gasteiger partial charge is 0.508 e. The number of carbonyl (C=O) groups is 1. The van der Waals surface area contributed by atoms with Gasteiger partial charge in [-0.25, -0.2) is 4.79 Å². The quantitative estimate of drug-likeness (QED) is 0.307. The molecule has 1 aliphatic rings. The Hall–Kier alpha value is -4.30. The monoisotopic (exact) mass is 528 g/mol. The number of methoxy groups -OCH3 is 1. The third kappa shape index (κ3) is 5.61. The van der Waals surface area contributed by atoms with Crippen LogP contribution >= 0.6 is 0 Å². The van der Waals surface area contributed by atoms with Gasteiger partial charge in [0.15, 0.2) is 0 Å². The minimum absolute atomic E-state index is 0.0493. The van der Waals surface area contributed by atoms with Crippen LogP contribution in [-0.2, 0) is 6.42 Å². The van der Waals surface area contributed by atoms with Gasteiger partial charge in [0.2, 0.25) is 0 Å². The maximum Gasteiger partial charge on any atom is 0.360 e. The molecule has 202 valence electrons. The number of anilines is 1. The smallest absolute Gasteiger partial charge is 0.360 e. The van der Waals surface area contributed by atoms with Gasteiger partial charge in [-0.15, -0.1) is 0 Å². The number of fused-ring (bicyclic) bond motifs is 1. The fourth-order valence-corrected chi connectivity index (χ4v) is 4.98. The van der Waals surface area contributed by atoms with Crippen molar-refractivity contribution >= 4 is 22.6 Å². The Morgan fingerprint density at radius 2 is 1.85 bits per heavy atom. The normalized spacial score (nSPS) is 14.3. The Morgan fingerprint density at radius 3 is 2.56 bits per heavy atom. The molecule has 0 unspecified atom stereocenters. The molecule has 2 N–H and O–H groups in total. The van der Waals surface area contributed by atoms with E-state index in [1.165, 1.54) is 7.11 Å². The van der Waals surface area contributed by atoms with Gasteiger partial charge in [-0.05, 0) is 80.4 Å². The Morgan fingerprint density at radius 1 is 1.08 bits per heavy atom. The van der Waals surface area contributed by atoms with Crippen molar-refractivity contribution < 1.29 is 23.8 Å². The second-order valence-corrected chi connectivity index (χ2v) is 9.80. The van der Waals surface area contributed by atoms with Crippen molar-refractivity contribution in [3.63, 3.8) is 0 Å². The number of piperidine rings is 1. The first-order chi connectivity index (χ1) is 18.9. The molecule has 3 aromatic carbocycles. The summed E-state index contributed by atoms with van der Waals surface area (Å²) in [5.41, 5.74) is 2.38. The topological polar surface area (TPSA) is 101 Å². The van der Waals surface area contributed by atoms with E-state index in [1.807, 2.05) is 25.1 Å². The maximum atomic E-state index is 13.2. The van der Waals surface area contributed by atoms with Crippen LogP contribution in [0, 0.1) is 0 Å². The number of hydrogen-bond acceptors (Lipinski definition) is 7. The number of carbonyl (C=O) groups excluding carboxylic acids is 1. The standard InChI is InChI=1S/C31H32N2O6/c1-4-24-28(38-23-12-14-33(2)15-13-23)11-8-20-18-26(31(36)39-29(20)24)32-30(35)21-9-10-27(37-3)25(17-21)19-6-5-7-22(34)16-19/h5-11,16-18,23,34H,4,12-15H2,1-3H3,(H,32,35). The van der Waals surface area contributed by atoms with E-state index in [2.05, 4.69) is 17.3 Å². The molecule has 8 heteroatoms. The molecule has 1 aromatic heterocycles. The third-order valence-electron chi connectivity index (χ3n) is 7.14. The number of ether oxygens (including phenoxy) is 2. The molecule has 5 rings (SSSR count). The van der Waals surface area contributed by atoms with Crippen molar-refractivity contribution in [1.82, 2.24) is 4.90 Å². The minimum atomic E-state index is -0.635. The zero-order chi connectivity index (χ0) is 27.5. The van der Waals surface area contributed by atoms with Crippen LogP contribution in [0.4, 0.5) is 5.69 Å². The van der Waals surface area contributed by atoms with Gasteiger partial charge in [0.05, 0.1) is 7.11 Å². The number of amides is 1. The van der Waals surface area contributed by atoms with Crippen LogP contribution in [0.3, 0.4) is 0 Å². The van der Waals surface area contributed by atoms with Crippen LogP contribution < -0.4 is 20.4 Å². The highest BCUT2D eigenvalue weighted by molar-refractivity contribution is 6.05. The average Bonchev–Trinajstić information content (AvgIpc) is 2.94. The number of nitrogens with one attached hydrogen (secondary N) is 1. The molecular formula is C31H32N2O6. The summed E-state index contributed by atoms with van der Waals surface area (Å²) in [5, 5.41) is 13.3. The van der Waals surface area contributed by atoms with Crippen molar-refractivity contribution in [1.29, 1.82) is 0 Å². The number of phenolic OH excluding ortho intramolecular Hbond substituents is 1. The molecule has 1 amide bonds. The van der Waals surface area contributed by atoms with Gasteiger partial charge < -0.3 is 29.2 Å². The number of phenols is 1. The van der Waals surface area contributed by atoms with Gasteiger partial charge in [-0.3, -0.25) is 4.79 Å². The van der Waals surface area contributed by atoms with Gasteiger partial charge in [0.25, 0.3) is 5.91 Å². The van der Waals surface area contributed by atoms with E-state index in [1.54, 1.807) is 42.5 Å². The minimum Gasteiger partial charge on any atom is -0.508 e. The molecule has 0 atom stereocenters. The van der Waals surface area contributed by atoms with Crippen molar-refractivity contribution in [2.45, 2.75) is 32.3 Å². The van der Waals surface area contributed by atoms with Gasteiger partial charge >= 0.3 is 5.63 Å². The van der Waals surface area contributed by atoms with Crippen LogP contribution in [0.2, 0.25) is 0 Å². The summed E-state index contributed by atoms with van der Waals surface area (Å²) in [6.45, 7) is 3.97. The van der Waals surface area contributed by atoms with Crippen LogP contribution in [0.25, 0.3) is 22.1 Å². The van der Waals surface area contributed by atoms with Gasteiger partial charge in [0.1, 0.15) is 34.6 Å². The molecule has 1 fully saturated rings. The zero-order valence-corrected chi connectivity index (χ0v) is 22.3. The summed E-state index contributed by atoms with van der Waals surface area (Å²) in [4.78, 5) is 28.4. The highest BCUT2D eigenvalue weighted by atomic mass is 16.5. The molecule has 0 aliphatic carbocycles. The lowest BCUT2D eigenvalue weighted by atomic mass is 10.0.